The molecule has 0 radical (unpaired) electrons. The Morgan fingerprint density at radius 2 is 1.79 bits per heavy atom. The zero-order chi connectivity index (χ0) is 16.8. The van der Waals surface area contributed by atoms with E-state index in [1.54, 1.807) is 11.1 Å². The van der Waals surface area contributed by atoms with E-state index in [1.807, 2.05) is 60.7 Å². The molecular formula is C20H20N2O2. The van der Waals surface area contributed by atoms with Gasteiger partial charge >= 0.3 is 0 Å². The highest BCUT2D eigenvalue weighted by atomic mass is 16.3. The number of carbonyl (C=O) groups is 1. The van der Waals surface area contributed by atoms with Crippen LogP contribution in [0.5, 0.6) is 0 Å². The van der Waals surface area contributed by atoms with Crippen LogP contribution in [0, 0.1) is 0 Å². The summed E-state index contributed by atoms with van der Waals surface area (Å²) in [6.45, 7) is 0.839. The van der Waals surface area contributed by atoms with Crippen molar-refractivity contribution >= 4 is 16.8 Å². The van der Waals surface area contributed by atoms with Crippen LogP contribution < -0.4 is 0 Å². The molecule has 3 aromatic rings. The summed E-state index contributed by atoms with van der Waals surface area (Å²) < 4.78 is 0. The van der Waals surface area contributed by atoms with Gasteiger partial charge in [0.25, 0.3) is 5.91 Å². The molecule has 0 aliphatic heterocycles. The van der Waals surface area contributed by atoms with Gasteiger partial charge in [-0.15, -0.1) is 0 Å². The molecule has 0 atom stereocenters. The third-order valence-corrected chi connectivity index (χ3v) is 4.05. The molecule has 2 aromatic carbocycles. The number of aliphatic hydroxyl groups is 1. The van der Waals surface area contributed by atoms with Crippen molar-refractivity contribution in [1.82, 2.24) is 9.88 Å². The van der Waals surface area contributed by atoms with Crippen molar-refractivity contribution in [1.29, 1.82) is 0 Å². The minimum Gasteiger partial charge on any atom is -0.395 e. The van der Waals surface area contributed by atoms with Crippen LogP contribution in [0.3, 0.4) is 0 Å². The van der Waals surface area contributed by atoms with E-state index in [2.05, 4.69) is 4.98 Å². The zero-order valence-corrected chi connectivity index (χ0v) is 13.4. The van der Waals surface area contributed by atoms with Crippen molar-refractivity contribution in [2.75, 3.05) is 19.7 Å². The fraction of sp³-hybridized carbons (Fsp3) is 0.200. The first-order chi connectivity index (χ1) is 11.8. The second kappa shape index (κ2) is 7.70. The van der Waals surface area contributed by atoms with Gasteiger partial charge < -0.3 is 10.0 Å². The molecule has 0 unspecified atom stereocenters. The highest BCUT2D eigenvalue weighted by Gasteiger charge is 2.17. The largest absolute Gasteiger partial charge is 0.395 e. The third-order valence-electron chi connectivity index (χ3n) is 4.05. The molecule has 1 N–H and O–H groups in total. The Morgan fingerprint density at radius 3 is 2.58 bits per heavy atom. The molecule has 3 rings (SSSR count). The van der Waals surface area contributed by atoms with Gasteiger partial charge in [0.15, 0.2) is 0 Å². The van der Waals surface area contributed by atoms with Crippen LogP contribution in [0.15, 0.2) is 66.9 Å². The van der Waals surface area contributed by atoms with Crippen molar-refractivity contribution in [2.45, 2.75) is 6.42 Å². The van der Waals surface area contributed by atoms with Crippen LogP contribution in [0.2, 0.25) is 0 Å². The Balaban J connectivity index is 1.83. The molecule has 1 aromatic heterocycles. The van der Waals surface area contributed by atoms with Crippen LogP contribution in [-0.2, 0) is 6.42 Å². The van der Waals surface area contributed by atoms with Gasteiger partial charge in [-0.1, -0.05) is 42.5 Å². The lowest BCUT2D eigenvalue weighted by Gasteiger charge is -2.22. The molecule has 0 saturated heterocycles. The van der Waals surface area contributed by atoms with E-state index in [0.717, 1.165) is 17.3 Å². The summed E-state index contributed by atoms with van der Waals surface area (Å²) in [5.41, 5.74) is 2.60. The van der Waals surface area contributed by atoms with Gasteiger partial charge in [0, 0.05) is 30.2 Å². The minimum atomic E-state index is -0.0708. The number of fused-ring (bicyclic) bond motifs is 1. The summed E-state index contributed by atoms with van der Waals surface area (Å²) in [6.07, 6.45) is 2.48. The van der Waals surface area contributed by atoms with Gasteiger partial charge in [-0.3, -0.25) is 9.78 Å². The first-order valence-electron chi connectivity index (χ1n) is 8.07. The summed E-state index contributed by atoms with van der Waals surface area (Å²) in [5, 5.41) is 10.2. The lowest BCUT2D eigenvalue weighted by atomic mass is 10.1. The van der Waals surface area contributed by atoms with E-state index in [4.69, 9.17) is 0 Å². The second-order valence-corrected chi connectivity index (χ2v) is 5.63. The molecule has 0 fully saturated rings. The van der Waals surface area contributed by atoms with Crippen LogP contribution in [0.4, 0.5) is 0 Å². The molecule has 0 aliphatic carbocycles. The molecule has 122 valence electrons. The fourth-order valence-electron chi connectivity index (χ4n) is 2.80. The average molecular weight is 320 g/mol. The lowest BCUT2D eigenvalue weighted by Crippen LogP contribution is -2.35. The van der Waals surface area contributed by atoms with E-state index in [9.17, 15) is 9.90 Å². The molecule has 1 heterocycles. The van der Waals surface area contributed by atoms with Gasteiger partial charge in [0.05, 0.1) is 12.1 Å². The number of aromatic nitrogens is 1. The van der Waals surface area contributed by atoms with Crippen LogP contribution in [0.25, 0.3) is 10.9 Å². The second-order valence-electron chi connectivity index (χ2n) is 5.63. The minimum absolute atomic E-state index is 0.0520. The monoisotopic (exact) mass is 320 g/mol. The fourth-order valence-corrected chi connectivity index (χ4v) is 2.80. The highest BCUT2D eigenvalue weighted by molar-refractivity contribution is 6.06. The van der Waals surface area contributed by atoms with Crippen molar-refractivity contribution in [3.8, 4) is 0 Å². The van der Waals surface area contributed by atoms with E-state index < -0.39 is 0 Å². The summed E-state index contributed by atoms with van der Waals surface area (Å²) in [4.78, 5) is 19.0. The van der Waals surface area contributed by atoms with Gasteiger partial charge in [-0.05, 0) is 30.2 Å². The van der Waals surface area contributed by atoms with E-state index in [1.165, 1.54) is 5.56 Å². The molecule has 24 heavy (non-hydrogen) atoms. The predicted octanol–water partition coefficient (Wildman–Crippen LogP) is 2.91. The van der Waals surface area contributed by atoms with Crippen molar-refractivity contribution in [3.05, 3.63) is 78.0 Å². The number of hydrogen-bond donors (Lipinski definition) is 1. The molecular weight excluding hydrogens is 300 g/mol. The molecule has 1 amide bonds. The summed E-state index contributed by atoms with van der Waals surface area (Å²) >= 11 is 0. The van der Waals surface area contributed by atoms with Crippen molar-refractivity contribution in [3.63, 3.8) is 0 Å². The summed E-state index contributed by atoms with van der Waals surface area (Å²) in [7, 11) is 0. The average Bonchev–Trinajstić information content (AvgIpc) is 2.65. The number of nitrogens with zero attached hydrogens (tertiary/aromatic N) is 2. The first-order valence-corrected chi connectivity index (χ1v) is 8.07. The first kappa shape index (κ1) is 16.1. The van der Waals surface area contributed by atoms with Gasteiger partial charge in [-0.2, -0.15) is 0 Å². The number of carbonyl (C=O) groups excluding carboxylic acids is 1. The maximum absolute atomic E-state index is 13.0. The molecule has 4 nitrogen and oxygen atoms in total. The maximum atomic E-state index is 13.0. The Hall–Kier alpha value is -2.72. The Bertz CT molecular complexity index is 813. The molecule has 0 bridgehead atoms. The lowest BCUT2D eigenvalue weighted by molar-refractivity contribution is 0.0726. The van der Waals surface area contributed by atoms with Crippen molar-refractivity contribution < 1.29 is 9.90 Å². The molecule has 0 spiro atoms. The normalized spacial score (nSPS) is 10.7. The third kappa shape index (κ3) is 3.60. The molecule has 0 aliphatic rings. The van der Waals surface area contributed by atoms with Crippen molar-refractivity contribution in [2.24, 2.45) is 0 Å². The highest BCUT2D eigenvalue weighted by Crippen LogP contribution is 2.18. The standard InChI is InChI=1S/C20H20N2O2/c23-15-14-22(13-11-16-6-2-1-3-7-16)20(24)18-8-4-10-19-17(18)9-5-12-21-19/h1-10,12,23H,11,13-15H2. The number of aliphatic hydroxyl groups excluding tert-OH is 1. The number of hydrogen-bond acceptors (Lipinski definition) is 3. The topological polar surface area (TPSA) is 53.4 Å². The number of amides is 1. The summed E-state index contributed by atoms with van der Waals surface area (Å²) in [5.74, 6) is -0.0708. The van der Waals surface area contributed by atoms with Crippen LogP contribution >= 0.6 is 0 Å². The Labute approximate surface area is 141 Å². The predicted molar refractivity (Wildman–Crippen MR) is 94.9 cm³/mol. The van der Waals surface area contributed by atoms with Crippen LogP contribution in [0.1, 0.15) is 15.9 Å². The SMILES string of the molecule is O=C(c1cccc2ncccc12)N(CCO)CCc1ccccc1. The smallest absolute Gasteiger partial charge is 0.254 e. The van der Waals surface area contributed by atoms with Gasteiger partial charge in [-0.25, -0.2) is 0 Å². The van der Waals surface area contributed by atoms with E-state index >= 15 is 0 Å². The van der Waals surface area contributed by atoms with Crippen LogP contribution in [-0.4, -0.2) is 40.6 Å². The van der Waals surface area contributed by atoms with E-state index in [-0.39, 0.29) is 12.5 Å². The number of benzene rings is 2. The number of rotatable bonds is 6. The Kier molecular flexibility index (Phi) is 5.18. The van der Waals surface area contributed by atoms with E-state index in [0.29, 0.717) is 18.7 Å². The molecule has 0 saturated carbocycles. The maximum Gasteiger partial charge on any atom is 0.254 e. The number of pyridine rings is 1. The molecule has 4 heteroatoms. The Morgan fingerprint density at radius 1 is 0.958 bits per heavy atom. The van der Waals surface area contributed by atoms with Gasteiger partial charge in [0.1, 0.15) is 0 Å². The quantitative estimate of drug-likeness (QED) is 0.760. The van der Waals surface area contributed by atoms with Gasteiger partial charge in [0.2, 0.25) is 0 Å². The zero-order valence-electron chi connectivity index (χ0n) is 13.4. The summed E-state index contributed by atoms with van der Waals surface area (Å²) in [6, 6.07) is 19.3.